The second-order valence-corrected chi connectivity index (χ2v) is 5.06. The van der Waals surface area contributed by atoms with E-state index in [1.807, 2.05) is 0 Å². The van der Waals surface area contributed by atoms with Gasteiger partial charge in [-0.3, -0.25) is 14.4 Å². The molecule has 6 heteroatoms. The van der Waals surface area contributed by atoms with E-state index in [1.165, 1.54) is 6.07 Å². The van der Waals surface area contributed by atoms with Crippen molar-refractivity contribution in [3.63, 3.8) is 0 Å². The van der Waals surface area contributed by atoms with Crippen molar-refractivity contribution in [2.75, 3.05) is 0 Å². The van der Waals surface area contributed by atoms with Crippen LogP contribution in [0.3, 0.4) is 0 Å². The van der Waals surface area contributed by atoms with Crippen molar-refractivity contribution < 1.29 is 27.6 Å². The number of fused-ring (bicyclic) bond motifs is 1. The molecule has 0 spiro atoms. The smallest absolute Gasteiger partial charge is 0.298 e. The quantitative estimate of drug-likeness (QED) is 0.784. The first-order valence-electron chi connectivity index (χ1n) is 6.14. The first-order valence-corrected chi connectivity index (χ1v) is 6.14. The number of Topliss-reactive ketones (excluding diaryl/α,β-unsaturated/α-hetero) is 3. The number of carbonyl (C=O) groups excluding carboxylic acids is 3. The van der Waals surface area contributed by atoms with Gasteiger partial charge in [-0.1, -0.05) is 12.1 Å². The van der Waals surface area contributed by atoms with Gasteiger partial charge in [-0.2, -0.15) is 13.2 Å². The van der Waals surface area contributed by atoms with Crippen LogP contribution in [0.1, 0.15) is 39.1 Å². The van der Waals surface area contributed by atoms with Crippen molar-refractivity contribution in [1.29, 1.82) is 0 Å². The summed E-state index contributed by atoms with van der Waals surface area (Å²) in [6.45, 7) is 0. The van der Waals surface area contributed by atoms with E-state index >= 15 is 0 Å². The van der Waals surface area contributed by atoms with Crippen LogP contribution in [0.15, 0.2) is 18.2 Å². The van der Waals surface area contributed by atoms with Crippen molar-refractivity contribution >= 4 is 17.3 Å². The summed E-state index contributed by atoms with van der Waals surface area (Å²) < 4.78 is 38.7. The molecule has 0 saturated heterocycles. The van der Waals surface area contributed by atoms with Crippen LogP contribution in [0.5, 0.6) is 0 Å². The molecule has 1 saturated carbocycles. The number of alkyl halides is 3. The molecule has 1 fully saturated rings. The summed E-state index contributed by atoms with van der Waals surface area (Å²) in [5.41, 5.74) is -2.08. The molecule has 0 heterocycles. The number of benzene rings is 1. The van der Waals surface area contributed by atoms with E-state index in [4.69, 9.17) is 0 Å². The second-order valence-electron chi connectivity index (χ2n) is 5.06. The Morgan fingerprint density at radius 1 is 1.10 bits per heavy atom. The molecular formula is C14H9F3O3. The maximum Gasteiger partial charge on any atom is 0.417 e. The molecule has 2 aliphatic rings. The average Bonchev–Trinajstić information content (AvgIpc) is 3.17. The predicted molar refractivity (Wildman–Crippen MR) is 61.3 cm³/mol. The number of hydrogen-bond acceptors (Lipinski definition) is 3. The van der Waals surface area contributed by atoms with Crippen molar-refractivity contribution in [1.82, 2.24) is 0 Å². The molecular weight excluding hydrogens is 273 g/mol. The van der Waals surface area contributed by atoms with E-state index in [0.29, 0.717) is 12.8 Å². The van der Waals surface area contributed by atoms with Gasteiger partial charge in [0.25, 0.3) is 0 Å². The number of hydrogen-bond donors (Lipinski definition) is 0. The highest BCUT2D eigenvalue weighted by molar-refractivity contribution is 6.36. The normalized spacial score (nSPS) is 22.1. The summed E-state index contributed by atoms with van der Waals surface area (Å²) in [5.74, 6) is -4.26. The largest absolute Gasteiger partial charge is 0.417 e. The summed E-state index contributed by atoms with van der Waals surface area (Å²) in [7, 11) is 0. The van der Waals surface area contributed by atoms with E-state index in [2.05, 4.69) is 0 Å². The number of ketones is 3. The molecule has 3 rings (SSSR count). The van der Waals surface area contributed by atoms with Crippen molar-refractivity contribution in [2.24, 2.45) is 11.8 Å². The zero-order valence-electron chi connectivity index (χ0n) is 10.2. The van der Waals surface area contributed by atoms with Crippen molar-refractivity contribution in [2.45, 2.75) is 19.0 Å². The van der Waals surface area contributed by atoms with Gasteiger partial charge in [0.1, 0.15) is 5.92 Å². The summed E-state index contributed by atoms with van der Waals surface area (Å²) in [6, 6.07) is 3.01. The Kier molecular flexibility index (Phi) is 2.61. The first-order chi connectivity index (χ1) is 9.32. The van der Waals surface area contributed by atoms with Gasteiger partial charge < -0.3 is 0 Å². The van der Waals surface area contributed by atoms with E-state index in [-0.39, 0.29) is 11.5 Å². The van der Waals surface area contributed by atoms with Crippen LogP contribution >= 0.6 is 0 Å². The highest BCUT2D eigenvalue weighted by Crippen LogP contribution is 2.41. The van der Waals surface area contributed by atoms with Gasteiger partial charge in [0.2, 0.25) is 0 Å². The molecule has 104 valence electrons. The highest BCUT2D eigenvalue weighted by Gasteiger charge is 2.51. The highest BCUT2D eigenvalue weighted by atomic mass is 19.4. The fourth-order valence-corrected chi connectivity index (χ4v) is 2.54. The van der Waals surface area contributed by atoms with Gasteiger partial charge in [-0.05, 0) is 18.9 Å². The molecule has 2 aliphatic carbocycles. The minimum Gasteiger partial charge on any atom is -0.298 e. The van der Waals surface area contributed by atoms with Gasteiger partial charge >= 0.3 is 6.18 Å². The fourth-order valence-electron chi connectivity index (χ4n) is 2.54. The molecule has 0 aromatic heterocycles. The molecule has 1 unspecified atom stereocenters. The van der Waals surface area contributed by atoms with Crippen molar-refractivity contribution in [3.05, 3.63) is 34.9 Å². The Morgan fingerprint density at radius 3 is 2.30 bits per heavy atom. The van der Waals surface area contributed by atoms with Gasteiger partial charge in [0, 0.05) is 17.0 Å². The molecule has 3 nitrogen and oxygen atoms in total. The molecule has 0 radical (unpaired) electrons. The Morgan fingerprint density at radius 2 is 1.75 bits per heavy atom. The molecule has 0 bridgehead atoms. The van der Waals surface area contributed by atoms with Crippen LogP contribution in [-0.2, 0) is 11.0 Å². The monoisotopic (exact) mass is 282 g/mol. The second kappa shape index (κ2) is 4.01. The zero-order valence-corrected chi connectivity index (χ0v) is 10.2. The SMILES string of the molecule is O=C1c2cccc(C(F)(F)F)c2C(=O)C1C(=O)C1CC1. The van der Waals surface area contributed by atoms with E-state index in [1.54, 1.807) is 0 Å². The van der Waals surface area contributed by atoms with Crippen LogP contribution in [0.25, 0.3) is 0 Å². The van der Waals surface area contributed by atoms with E-state index in [0.717, 1.165) is 12.1 Å². The lowest BCUT2D eigenvalue weighted by Crippen LogP contribution is -2.27. The molecule has 20 heavy (non-hydrogen) atoms. The minimum atomic E-state index is -4.72. The molecule has 0 aliphatic heterocycles. The number of carbonyl (C=O) groups is 3. The standard InChI is InChI=1S/C14H9F3O3/c15-14(16,17)8-3-1-2-7-9(8)13(20)10(12(7)19)11(18)6-4-5-6/h1-3,6,10H,4-5H2. The number of rotatable bonds is 2. The molecule has 1 aromatic carbocycles. The van der Waals surface area contributed by atoms with Crippen LogP contribution in [0, 0.1) is 11.8 Å². The molecule has 1 atom stereocenters. The van der Waals surface area contributed by atoms with Crippen LogP contribution in [0.2, 0.25) is 0 Å². The van der Waals surface area contributed by atoms with Gasteiger partial charge in [-0.25, -0.2) is 0 Å². The maximum absolute atomic E-state index is 12.9. The lowest BCUT2D eigenvalue weighted by atomic mass is 9.95. The van der Waals surface area contributed by atoms with Crippen molar-refractivity contribution in [3.8, 4) is 0 Å². The molecule has 0 amide bonds. The van der Waals surface area contributed by atoms with Crippen LogP contribution in [0.4, 0.5) is 13.2 Å². The lowest BCUT2D eigenvalue weighted by molar-refractivity contribution is -0.138. The van der Waals surface area contributed by atoms with Gasteiger partial charge in [0.15, 0.2) is 17.3 Å². The summed E-state index contributed by atoms with van der Waals surface area (Å²) in [4.78, 5) is 36.1. The fraction of sp³-hybridized carbons (Fsp3) is 0.357. The Bertz CT molecular complexity index is 642. The maximum atomic E-state index is 12.9. The topological polar surface area (TPSA) is 51.2 Å². The predicted octanol–water partition coefficient (Wildman–Crippen LogP) is 2.68. The first kappa shape index (κ1) is 13.0. The zero-order chi connectivity index (χ0) is 14.7. The van der Waals surface area contributed by atoms with Gasteiger partial charge in [-0.15, -0.1) is 0 Å². The van der Waals surface area contributed by atoms with Gasteiger partial charge in [0.05, 0.1) is 5.56 Å². The van der Waals surface area contributed by atoms with Crippen LogP contribution < -0.4 is 0 Å². The molecule has 1 aromatic rings. The Labute approximate surface area is 111 Å². The third-order valence-electron chi connectivity index (χ3n) is 3.67. The third-order valence-corrected chi connectivity index (χ3v) is 3.67. The summed E-state index contributed by atoms with van der Waals surface area (Å²) >= 11 is 0. The third kappa shape index (κ3) is 1.78. The van der Waals surface area contributed by atoms with E-state index < -0.39 is 40.6 Å². The average molecular weight is 282 g/mol. The lowest BCUT2D eigenvalue weighted by Gasteiger charge is -2.10. The Hall–Kier alpha value is -1.98. The summed E-state index contributed by atoms with van der Waals surface area (Å²) in [6.07, 6.45) is -3.53. The molecule has 0 N–H and O–H groups in total. The van der Waals surface area contributed by atoms with Crippen LogP contribution in [-0.4, -0.2) is 17.3 Å². The minimum absolute atomic E-state index is 0.288. The number of halogens is 3. The Balaban J connectivity index is 2.11. The van der Waals surface area contributed by atoms with E-state index in [9.17, 15) is 27.6 Å². The summed E-state index contributed by atoms with van der Waals surface area (Å²) in [5, 5.41) is 0.